The van der Waals surface area contributed by atoms with Gasteiger partial charge >= 0.3 is 0 Å². The molecule has 3 aromatic carbocycles. The number of rotatable bonds is 5. The molecule has 0 atom stereocenters. The second kappa shape index (κ2) is 6.74. The monoisotopic (exact) mass is 343 g/mol. The summed E-state index contributed by atoms with van der Waals surface area (Å²) in [6, 6.07) is 19.8. The molecular formula is C18H17NO2S2. The van der Waals surface area contributed by atoms with E-state index in [1.807, 2.05) is 30.5 Å². The molecule has 5 heteroatoms. The maximum Gasteiger partial charge on any atom is 0.206 e. The van der Waals surface area contributed by atoms with E-state index in [9.17, 15) is 8.42 Å². The van der Waals surface area contributed by atoms with Gasteiger partial charge in [0.25, 0.3) is 0 Å². The Morgan fingerprint density at radius 2 is 1.70 bits per heavy atom. The van der Waals surface area contributed by atoms with Crippen LogP contribution >= 0.6 is 11.9 Å². The van der Waals surface area contributed by atoms with Crippen LogP contribution in [0.15, 0.2) is 76.5 Å². The first-order valence-electron chi connectivity index (χ1n) is 7.20. The standard InChI is InChI=1S/C18H17NO2S2/c1-22-19-13-15-7-5-6-14-12-17(10-11-18(14)15)23(20,21)16-8-3-2-4-9-16/h2-12,19H,13H2,1H3. The van der Waals surface area contributed by atoms with Crippen molar-refractivity contribution in [1.29, 1.82) is 0 Å². The molecule has 23 heavy (non-hydrogen) atoms. The number of sulfone groups is 1. The highest BCUT2D eigenvalue weighted by Gasteiger charge is 2.17. The maximum atomic E-state index is 12.7. The summed E-state index contributed by atoms with van der Waals surface area (Å²) < 4.78 is 28.7. The fourth-order valence-corrected chi connectivity index (χ4v) is 4.15. The molecule has 118 valence electrons. The zero-order valence-electron chi connectivity index (χ0n) is 12.7. The number of hydrogen-bond acceptors (Lipinski definition) is 4. The Hall–Kier alpha value is -1.82. The van der Waals surface area contributed by atoms with Crippen molar-refractivity contribution < 1.29 is 8.42 Å². The van der Waals surface area contributed by atoms with Crippen molar-refractivity contribution in [3.63, 3.8) is 0 Å². The second-order valence-electron chi connectivity index (χ2n) is 5.14. The average Bonchev–Trinajstić information content (AvgIpc) is 2.60. The van der Waals surface area contributed by atoms with Gasteiger partial charge in [-0.2, -0.15) is 0 Å². The van der Waals surface area contributed by atoms with E-state index in [2.05, 4.69) is 10.8 Å². The fraction of sp³-hybridized carbons (Fsp3) is 0.111. The number of nitrogens with one attached hydrogen (secondary N) is 1. The van der Waals surface area contributed by atoms with Gasteiger partial charge in [-0.1, -0.05) is 54.4 Å². The van der Waals surface area contributed by atoms with Gasteiger partial charge < -0.3 is 0 Å². The van der Waals surface area contributed by atoms with E-state index in [4.69, 9.17) is 0 Å². The molecule has 0 aromatic heterocycles. The quantitative estimate of drug-likeness (QED) is 0.710. The molecule has 3 aromatic rings. The highest BCUT2D eigenvalue weighted by Crippen LogP contribution is 2.26. The third kappa shape index (κ3) is 3.27. The number of benzene rings is 3. The van der Waals surface area contributed by atoms with Crippen LogP contribution in [-0.4, -0.2) is 14.7 Å². The van der Waals surface area contributed by atoms with Crippen molar-refractivity contribution in [3.05, 3.63) is 72.3 Å². The third-order valence-corrected chi connectivity index (χ3v) is 5.91. The Balaban J connectivity index is 2.08. The summed E-state index contributed by atoms with van der Waals surface area (Å²) >= 11 is 1.56. The van der Waals surface area contributed by atoms with Gasteiger partial charge in [0.2, 0.25) is 9.84 Å². The Morgan fingerprint density at radius 1 is 0.913 bits per heavy atom. The van der Waals surface area contributed by atoms with E-state index in [-0.39, 0.29) is 0 Å². The van der Waals surface area contributed by atoms with Gasteiger partial charge in [-0.25, -0.2) is 8.42 Å². The van der Waals surface area contributed by atoms with Crippen LogP contribution < -0.4 is 4.72 Å². The largest absolute Gasteiger partial charge is 0.260 e. The highest BCUT2D eigenvalue weighted by molar-refractivity contribution is 7.96. The van der Waals surface area contributed by atoms with E-state index in [1.54, 1.807) is 48.3 Å². The minimum absolute atomic E-state index is 0.319. The van der Waals surface area contributed by atoms with Gasteiger partial charge in [-0.05, 0) is 46.9 Å². The van der Waals surface area contributed by atoms with Crippen LogP contribution in [-0.2, 0) is 16.4 Å². The van der Waals surface area contributed by atoms with Crippen LogP contribution in [0.25, 0.3) is 10.8 Å². The Labute approximate surface area is 140 Å². The molecule has 0 saturated heterocycles. The van der Waals surface area contributed by atoms with Crippen LogP contribution in [0.2, 0.25) is 0 Å². The van der Waals surface area contributed by atoms with E-state index in [0.29, 0.717) is 9.79 Å². The van der Waals surface area contributed by atoms with Gasteiger partial charge in [0, 0.05) is 6.54 Å². The summed E-state index contributed by atoms with van der Waals surface area (Å²) in [6.07, 6.45) is 1.98. The van der Waals surface area contributed by atoms with Crippen LogP contribution in [0.3, 0.4) is 0 Å². The molecule has 0 radical (unpaired) electrons. The lowest BCUT2D eigenvalue weighted by atomic mass is 10.1. The molecule has 0 spiro atoms. The minimum atomic E-state index is -3.48. The number of fused-ring (bicyclic) bond motifs is 1. The van der Waals surface area contributed by atoms with Gasteiger partial charge in [0.1, 0.15) is 0 Å². The van der Waals surface area contributed by atoms with E-state index in [0.717, 1.165) is 22.9 Å². The topological polar surface area (TPSA) is 46.2 Å². The lowest BCUT2D eigenvalue weighted by Crippen LogP contribution is -2.04. The molecule has 0 saturated carbocycles. The first-order chi connectivity index (χ1) is 11.1. The van der Waals surface area contributed by atoms with E-state index < -0.39 is 9.84 Å². The first kappa shape index (κ1) is 16.1. The maximum absolute atomic E-state index is 12.7. The van der Waals surface area contributed by atoms with Crippen molar-refractivity contribution in [3.8, 4) is 0 Å². The molecule has 0 unspecified atom stereocenters. The molecule has 3 nitrogen and oxygen atoms in total. The SMILES string of the molecule is CSNCc1cccc2cc(S(=O)(=O)c3ccccc3)ccc12. The summed E-state index contributed by atoms with van der Waals surface area (Å²) in [5, 5.41) is 2.00. The molecule has 1 N–H and O–H groups in total. The molecule has 0 aliphatic heterocycles. The van der Waals surface area contributed by atoms with Gasteiger partial charge in [-0.3, -0.25) is 4.72 Å². The third-order valence-electron chi connectivity index (χ3n) is 3.71. The van der Waals surface area contributed by atoms with Gasteiger partial charge in [0.15, 0.2) is 0 Å². The summed E-state index contributed by atoms with van der Waals surface area (Å²) in [7, 11) is -3.48. The van der Waals surface area contributed by atoms with Gasteiger partial charge in [-0.15, -0.1) is 0 Å². The molecule has 0 aliphatic rings. The van der Waals surface area contributed by atoms with Crippen molar-refractivity contribution >= 4 is 32.6 Å². The Kier molecular flexibility index (Phi) is 4.71. The van der Waals surface area contributed by atoms with Crippen molar-refractivity contribution in [2.45, 2.75) is 16.3 Å². The normalized spacial score (nSPS) is 11.7. The van der Waals surface area contributed by atoms with Crippen molar-refractivity contribution in [2.75, 3.05) is 6.26 Å². The van der Waals surface area contributed by atoms with Crippen molar-refractivity contribution in [1.82, 2.24) is 4.72 Å². The molecule has 0 heterocycles. The fourth-order valence-electron chi connectivity index (χ4n) is 2.54. The summed E-state index contributed by atoms with van der Waals surface area (Å²) in [4.78, 5) is 0.644. The molecule has 0 bridgehead atoms. The Morgan fingerprint density at radius 3 is 2.43 bits per heavy atom. The lowest BCUT2D eigenvalue weighted by Gasteiger charge is -2.09. The van der Waals surface area contributed by atoms with Crippen LogP contribution in [0.4, 0.5) is 0 Å². The molecule has 0 aliphatic carbocycles. The summed E-state index contributed by atoms with van der Waals surface area (Å²) in [5.41, 5.74) is 1.15. The Bertz CT molecular complexity index is 922. The molecule has 3 rings (SSSR count). The predicted octanol–water partition coefficient (Wildman–Crippen LogP) is 4.04. The molecule has 0 fully saturated rings. The lowest BCUT2D eigenvalue weighted by molar-refractivity contribution is 0.596. The highest BCUT2D eigenvalue weighted by atomic mass is 32.2. The van der Waals surface area contributed by atoms with Crippen LogP contribution in [0.1, 0.15) is 5.56 Å². The zero-order valence-corrected chi connectivity index (χ0v) is 14.3. The van der Waals surface area contributed by atoms with Crippen LogP contribution in [0.5, 0.6) is 0 Å². The number of hydrogen-bond donors (Lipinski definition) is 1. The van der Waals surface area contributed by atoms with E-state index in [1.165, 1.54) is 0 Å². The smallest absolute Gasteiger partial charge is 0.206 e. The average molecular weight is 343 g/mol. The summed E-state index contributed by atoms with van der Waals surface area (Å²) in [6.45, 7) is 0.739. The first-order valence-corrected chi connectivity index (χ1v) is 9.91. The molecule has 0 amide bonds. The second-order valence-corrected chi connectivity index (χ2v) is 7.79. The van der Waals surface area contributed by atoms with E-state index >= 15 is 0 Å². The van der Waals surface area contributed by atoms with Crippen LogP contribution in [0, 0.1) is 0 Å². The van der Waals surface area contributed by atoms with Crippen molar-refractivity contribution in [2.24, 2.45) is 0 Å². The minimum Gasteiger partial charge on any atom is -0.260 e. The van der Waals surface area contributed by atoms with Gasteiger partial charge in [0.05, 0.1) is 9.79 Å². The zero-order chi connectivity index (χ0) is 16.3. The predicted molar refractivity (Wildman–Crippen MR) is 96.2 cm³/mol. The summed E-state index contributed by atoms with van der Waals surface area (Å²) in [5.74, 6) is 0. The molecular weight excluding hydrogens is 326 g/mol.